The second-order valence-electron chi connectivity index (χ2n) is 3.99. The van der Waals surface area contributed by atoms with Gasteiger partial charge in [-0.3, -0.25) is 5.32 Å². The van der Waals surface area contributed by atoms with Gasteiger partial charge in [0.25, 0.3) is 0 Å². The van der Waals surface area contributed by atoms with Crippen LogP contribution in [0.2, 0.25) is 0 Å². The van der Waals surface area contributed by atoms with E-state index in [0.717, 1.165) is 0 Å². The number of ether oxygens (including phenoxy) is 1. The van der Waals surface area contributed by atoms with Gasteiger partial charge in [0.15, 0.2) is 11.5 Å². The van der Waals surface area contributed by atoms with Crippen LogP contribution in [0.1, 0.15) is 12.5 Å². The largest absolute Gasteiger partial charge is 0.504 e. The summed E-state index contributed by atoms with van der Waals surface area (Å²) in [5.74, 6) is -0.810. The fourth-order valence-electron chi connectivity index (χ4n) is 1.57. The first-order valence-corrected chi connectivity index (χ1v) is 5.42. The van der Waals surface area contributed by atoms with E-state index in [1.165, 1.54) is 19.2 Å². The average molecular weight is 251 g/mol. The zero-order valence-corrected chi connectivity index (χ0v) is 10.4. The predicted octanol–water partition coefficient (Wildman–Crippen LogP) is 1.48. The van der Waals surface area contributed by atoms with Crippen LogP contribution in [0.4, 0.5) is 0 Å². The molecule has 0 bridgehead atoms. The summed E-state index contributed by atoms with van der Waals surface area (Å²) in [4.78, 5) is 11.4. The monoisotopic (exact) mass is 251 g/mol. The van der Waals surface area contributed by atoms with Crippen molar-refractivity contribution in [1.82, 2.24) is 5.32 Å². The van der Waals surface area contributed by atoms with Crippen LogP contribution in [0.3, 0.4) is 0 Å². The molecule has 18 heavy (non-hydrogen) atoms. The molecule has 1 unspecified atom stereocenters. The van der Waals surface area contributed by atoms with Gasteiger partial charge in [0.2, 0.25) is 0 Å². The maximum absolute atomic E-state index is 11.4. The molecule has 0 saturated heterocycles. The van der Waals surface area contributed by atoms with Crippen LogP contribution >= 0.6 is 0 Å². The van der Waals surface area contributed by atoms with E-state index in [1.54, 1.807) is 19.1 Å². The molecule has 0 aliphatic rings. The van der Waals surface area contributed by atoms with Crippen LogP contribution in [0.5, 0.6) is 11.5 Å². The number of carboxylic acid groups (broad SMARTS) is 1. The van der Waals surface area contributed by atoms with Gasteiger partial charge in [0, 0.05) is 6.54 Å². The summed E-state index contributed by atoms with van der Waals surface area (Å²) in [5, 5.41) is 21.7. The number of nitrogens with one attached hydrogen (secondary N) is 1. The molecule has 0 aliphatic heterocycles. The summed E-state index contributed by atoms with van der Waals surface area (Å²) in [7, 11) is 1.41. The molecule has 5 nitrogen and oxygen atoms in total. The Morgan fingerprint density at radius 1 is 1.61 bits per heavy atom. The van der Waals surface area contributed by atoms with Gasteiger partial charge in [-0.1, -0.05) is 12.1 Å². The molecule has 0 fully saturated rings. The Kier molecular flexibility index (Phi) is 4.33. The topological polar surface area (TPSA) is 78.8 Å². The van der Waals surface area contributed by atoms with Gasteiger partial charge >= 0.3 is 5.97 Å². The highest BCUT2D eigenvalue weighted by Crippen LogP contribution is 2.31. The molecule has 0 aromatic heterocycles. The number of phenolic OH excluding ortho intramolecular Hbond substituents is 1. The SMILES string of the molecule is C=CCNC(C)(C(=O)O)c1ccc(O)c(OC)c1. The van der Waals surface area contributed by atoms with Crippen molar-refractivity contribution in [2.75, 3.05) is 13.7 Å². The molecule has 0 aliphatic carbocycles. The molecule has 0 saturated carbocycles. The van der Waals surface area contributed by atoms with Crippen molar-refractivity contribution in [2.45, 2.75) is 12.5 Å². The van der Waals surface area contributed by atoms with E-state index in [0.29, 0.717) is 12.1 Å². The highest BCUT2D eigenvalue weighted by Gasteiger charge is 2.34. The van der Waals surface area contributed by atoms with Crippen molar-refractivity contribution in [2.24, 2.45) is 0 Å². The molecular weight excluding hydrogens is 234 g/mol. The number of carboxylic acids is 1. The Morgan fingerprint density at radius 2 is 2.28 bits per heavy atom. The van der Waals surface area contributed by atoms with Crippen LogP contribution in [0, 0.1) is 0 Å². The Hall–Kier alpha value is -2.01. The quantitative estimate of drug-likeness (QED) is 0.667. The summed E-state index contributed by atoms with van der Waals surface area (Å²) in [6, 6.07) is 4.45. The standard InChI is InChI=1S/C13H17NO4/c1-4-7-14-13(2,12(16)17)9-5-6-10(15)11(8-9)18-3/h4-6,8,14-15H,1,7H2,2-3H3,(H,16,17). The third kappa shape index (κ3) is 2.62. The van der Waals surface area contributed by atoms with E-state index in [9.17, 15) is 15.0 Å². The third-order valence-corrected chi connectivity index (χ3v) is 2.78. The lowest BCUT2D eigenvalue weighted by atomic mass is 9.91. The molecule has 0 amide bonds. The molecule has 1 rings (SSSR count). The first-order chi connectivity index (χ1) is 8.45. The zero-order valence-electron chi connectivity index (χ0n) is 10.4. The number of phenols is 1. The number of methoxy groups -OCH3 is 1. The number of benzene rings is 1. The lowest BCUT2D eigenvalue weighted by molar-refractivity contribution is -0.144. The summed E-state index contributed by atoms with van der Waals surface area (Å²) in [6.45, 7) is 5.44. The van der Waals surface area contributed by atoms with E-state index in [1.807, 2.05) is 0 Å². The summed E-state index contributed by atoms with van der Waals surface area (Å²) >= 11 is 0. The summed E-state index contributed by atoms with van der Waals surface area (Å²) in [5.41, 5.74) is -0.777. The van der Waals surface area contributed by atoms with Crippen LogP contribution in [0.15, 0.2) is 30.9 Å². The number of aliphatic carboxylic acids is 1. The number of hydrogen-bond acceptors (Lipinski definition) is 4. The van der Waals surface area contributed by atoms with Crippen molar-refractivity contribution >= 4 is 5.97 Å². The van der Waals surface area contributed by atoms with Crippen molar-refractivity contribution < 1.29 is 19.7 Å². The lowest BCUT2D eigenvalue weighted by Crippen LogP contribution is -2.46. The Morgan fingerprint density at radius 3 is 2.78 bits per heavy atom. The van der Waals surface area contributed by atoms with Crippen LogP contribution in [-0.4, -0.2) is 29.8 Å². The number of hydrogen-bond donors (Lipinski definition) is 3. The number of aromatic hydroxyl groups is 1. The van der Waals surface area contributed by atoms with Crippen molar-refractivity contribution in [3.05, 3.63) is 36.4 Å². The first kappa shape index (κ1) is 14.1. The molecular formula is C13H17NO4. The molecule has 98 valence electrons. The van der Waals surface area contributed by atoms with Crippen LogP contribution in [-0.2, 0) is 10.3 Å². The van der Waals surface area contributed by atoms with Gasteiger partial charge in [0.05, 0.1) is 7.11 Å². The zero-order chi connectivity index (χ0) is 13.8. The Labute approximate surface area is 106 Å². The highest BCUT2D eigenvalue weighted by atomic mass is 16.5. The minimum Gasteiger partial charge on any atom is -0.504 e. The van der Waals surface area contributed by atoms with E-state index >= 15 is 0 Å². The molecule has 1 atom stereocenters. The second-order valence-corrected chi connectivity index (χ2v) is 3.99. The van der Waals surface area contributed by atoms with Crippen molar-refractivity contribution in [3.63, 3.8) is 0 Å². The minimum atomic E-state index is -1.27. The fourth-order valence-corrected chi connectivity index (χ4v) is 1.57. The predicted molar refractivity (Wildman–Crippen MR) is 67.8 cm³/mol. The smallest absolute Gasteiger partial charge is 0.328 e. The van der Waals surface area contributed by atoms with Gasteiger partial charge < -0.3 is 14.9 Å². The first-order valence-electron chi connectivity index (χ1n) is 5.42. The lowest BCUT2D eigenvalue weighted by Gasteiger charge is -2.26. The van der Waals surface area contributed by atoms with Gasteiger partial charge in [-0.15, -0.1) is 6.58 Å². The van der Waals surface area contributed by atoms with Gasteiger partial charge in [0.1, 0.15) is 5.54 Å². The van der Waals surface area contributed by atoms with Crippen LogP contribution < -0.4 is 10.1 Å². The normalized spacial score (nSPS) is 13.7. The Bertz CT molecular complexity index is 458. The van der Waals surface area contributed by atoms with Crippen molar-refractivity contribution in [1.29, 1.82) is 0 Å². The Balaban J connectivity index is 3.21. The molecule has 0 spiro atoms. The maximum atomic E-state index is 11.4. The number of rotatable bonds is 6. The molecule has 1 aromatic carbocycles. The highest BCUT2D eigenvalue weighted by molar-refractivity contribution is 5.80. The third-order valence-electron chi connectivity index (χ3n) is 2.78. The van der Waals surface area contributed by atoms with Gasteiger partial charge in [-0.2, -0.15) is 0 Å². The van der Waals surface area contributed by atoms with Gasteiger partial charge in [-0.25, -0.2) is 4.79 Å². The minimum absolute atomic E-state index is 0.0299. The van der Waals surface area contributed by atoms with Crippen LogP contribution in [0.25, 0.3) is 0 Å². The van der Waals surface area contributed by atoms with E-state index in [-0.39, 0.29) is 11.5 Å². The molecule has 5 heteroatoms. The fraction of sp³-hybridized carbons (Fsp3) is 0.308. The molecule has 0 heterocycles. The molecule has 1 aromatic rings. The second kappa shape index (κ2) is 5.55. The summed E-state index contributed by atoms with van der Waals surface area (Å²) < 4.78 is 4.97. The van der Waals surface area contributed by atoms with E-state index in [4.69, 9.17) is 4.74 Å². The number of carbonyl (C=O) groups is 1. The van der Waals surface area contributed by atoms with Gasteiger partial charge in [-0.05, 0) is 24.6 Å². The molecule has 0 radical (unpaired) electrons. The average Bonchev–Trinajstić information content (AvgIpc) is 2.36. The molecule has 3 N–H and O–H groups in total. The maximum Gasteiger partial charge on any atom is 0.328 e. The van der Waals surface area contributed by atoms with E-state index < -0.39 is 11.5 Å². The van der Waals surface area contributed by atoms with E-state index in [2.05, 4.69) is 11.9 Å². The summed E-state index contributed by atoms with van der Waals surface area (Å²) in [6.07, 6.45) is 1.58. The van der Waals surface area contributed by atoms with Crippen molar-refractivity contribution in [3.8, 4) is 11.5 Å².